The Bertz CT molecular complexity index is 941. The number of nitrogens with zero attached hydrogens (tertiary/aromatic N) is 2. The molecule has 1 heterocycles. The molecule has 3 rings (SSSR count). The maximum Gasteiger partial charge on any atom is 0.274 e. The van der Waals surface area contributed by atoms with Crippen molar-refractivity contribution in [3.8, 4) is 11.3 Å². The molecule has 0 atom stereocenters. The molecule has 7 nitrogen and oxygen atoms in total. The fourth-order valence-electron chi connectivity index (χ4n) is 2.36. The zero-order valence-corrected chi connectivity index (χ0v) is 14.7. The molecule has 2 N–H and O–H groups in total. The van der Waals surface area contributed by atoms with Gasteiger partial charge in [0.1, 0.15) is 0 Å². The average molecular weight is 368 g/mol. The van der Waals surface area contributed by atoms with E-state index in [1.165, 1.54) is 17.8 Å². The number of aromatic nitrogens is 2. The van der Waals surface area contributed by atoms with Gasteiger partial charge in [-0.1, -0.05) is 48.2 Å². The van der Waals surface area contributed by atoms with Crippen LogP contribution in [-0.4, -0.2) is 26.6 Å². The molecular weight excluding hydrogens is 352 g/mol. The molecule has 1 amide bonds. The summed E-state index contributed by atoms with van der Waals surface area (Å²) in [6.07, 6.45) is 1.72. The van der Waals surface area contributed by atoms with Crippen LogP contribution in [0.2, 0.25) is 0 Å². The van der Waals surface area contributed by atoms with Crippen molar-refractivity contribution < 1.29 is 9.72 Å². The van der Waals surface area contributed by atoms with Crippen LogP contribution in [0.5, 0.6) is 0 Å². The van der Waals surface area contributed by atoms with Crippen molar-refractivity contribution in [3.63, 3.8) is 0 Å². The first-order valence-electron chi connectivity index (χ1n) is 7.81. The number of carbonyl (C=O) groups is 1. The van der Waals surface area contributed by atoms with Crippen molar-refractivity contribution >= 4 is 29.0 Å². The lowest BCUT2D eigenvalue weighted by molar-refractivity contribution is -0.385. The van der Waals surface area contributed by atoms with Crippen LogP contribution < -0.4 is 5.32 Å². The molecule has 1 aromatic heterocycles. The van der Waals surface area contributed by atoms with Crippen molar-refractivity contribution in [2.24, 2.45) is 0 Å². The molecule has 0 aliphatic carbocycles. The monoisotopic (exact) mass is 368 g/mol. The van der Waals surface area contributed by atoms with Gasteiger partial charge in [0.25, 0.3) is 5.69 Å². The maximum atomic E-state index is 12.1. The van der Waals surface area contributed by atoms with Gasteiger partial charge < -0.3 is 10.3 Å². The van der Waals surface area contributed by atoms with Crippen molar-refractivity contribution in [3.05, 3.63) is 70.4 Å². The first kappa shape index (κ1) is 17.7. The van der Waals surface area contributed by atoms with Crippen LogP contribution >= 0.6 is 11.8 Å². The Labute approximate surface area is 154 Å². The number of nitro groups is 1. The van der Waals surface area contributed by atoms with Gasteiger partial charge in [0.2, 0.25) is 5.91 Å². The SMILES string of the molecule is Cc1ccc(NC(=O)CSc2ncc(-c3ccccc3)[nH]2)cc1[N+](=O)[O-]. The standard InChI is InChI=1S/C18H16N4O3S/c1-12-7-8-14(9-16(12)22(24)25)20-17(23)11-26-18-19-10-15(21-18)13-5-3-2-4-6-13/h2-10H,11H2,1H3,(H,19,21)(H,20,23). The summed E-state index contributed by atoms with van der Waals surface area (Å²) < 4.78 is 0. The average Bonchev–Trinajstić information content (AvgIpc) is 3.11. The number of H-pyrrole nitrogens is 1. The largest absolute Gasteiger partial charge is 0.333 e. The zero-order chi connectivity index (χ0) is 18.5. The number of carbonyl (C=O) groups excluding carboxylic acids is 1. The second-order valence-corrected chi connectivity index (χ2v) is 6.53. The van der Waals surface area contributed by atoms with Crippen LogP contribution in [0.4, 0.5) is 11.4 Å². The number of rotatable bonds is 6. The molecule has 0 bridgehead atoms. The van der Waals surface area contributed by atoms with Crippen LogP contribution in [0.1, 0.15) is 5.56 Å². The number of nitrogens with one attached hydrogen (secondary N) is 2. The van der Waals surface area contributed by atoms with Crippen LogP contribution in [0.15, 0.2) is 59.9 Å². The summed E-state index contributed by atoms with van der Waals surface area (Å²) in [5.41, 5.74) is 2.82. The summed E-state index contributed by atoms with van der Waals surface area (Å²) >= 11 is 1.26. The molecule has 26 heavy (non-hydrogen) atoms. The van der Waals surface area contributed by atoms with Gasteiger partial charge in [0.05, 0.1) is 22.6 Å². The third-order valence-corrected chi connectivity index (χ3v) is 4.55. The van der Waals surface area contributed by atoms with E-state index in [1.54, 1.807) is 25.3 Å². The molecule has 8 heteroatoms. The minimum atomic E-state index is -0.465. The number of anilines is 1. The number of benzene rings is 2. The van der Waals surface area contributed by atoms with Gasteiger partial charge in [-0.15, -0.1) is 0 Å². The highest BCUT2D eigenvalue weighted by Gasteiger charge is 2.13. The molecule has 0 aliphatic rings. The fraction of sp³-hybridized carbons (Fsp3) is 0.111. The summed E-state index contributed by atoms with van der Waals surface area (Å²) in [5.74, 6) is -0.116. The van der Waals surface area contributed by atoms with E-state index in [0.29, 0.717) is 16.4 Å². The number of nitro benzene ring substituents is 1. The van der Waals surface area contributed by atoms with E-state index in [-0.39, 0.29) is 17.3 Å². The Morgan fingerprint density at radius 1 is 1.27 bits per heavy atom. The highest BCUT2D eigenvalue weighted by Crippen LogP contribution is 2.24. The Hall–Kier alpha value is -3.13. The van der Waals surface area contributed by atoms with Gasteiger partial charge in [-0.05, 0) is 18.6 Å². The lowest BCUT2D eigenvalue weighted by Crippen LogP contribution is -2.14. The van der Waals surface area contributed by atoms with E-state index in [1.807, 2.05) is 30.3 Å². The second kappa shape index (κ2) is 7.83. The number of amides is 1. The number of thioether (sulfide) groups is 1. The number of aromatic amines is 1. The first-order chi connectivity index (χ1) is 12.5. The van der Waals surface area contributed by atoms with E-state index in [9.17, 15) is 14.9 Å². The van der Waals surface area contributed by atoms with Gasteiger partial charge in [0, 0.05) is 17.3 Å². The Morgan fingerprint density at radius 3 is 2.77 bits per heavy atom. The van der Waals surface area contributed by atoms with Crippen molar-refractivity contribution in [1.82, 2.24) is 9.97 Å². The molecule has 0 spiro atoms. The fourth-order valence-corrected chi connectivity index (χ4v) is 3.00. The van der Waals surface area contributed by atoms with Gasteiger partial charge in [-0.3, -0.25) is 14.9 Å². The van der Waals surface area contributed by atoms with Crippen LogP contribution in [0, 0.1) is 17.0 Å². The Kier molecular flexibility index (Phi) is 5.33. The number of hydrogen-bond donors (Lipinski definition) is 2. The summed E-state index contributed by atoms with van der Waals surface area (Å²) in [7, 11) is 0. The van der Waals surface area contributed by atoms with E-state index >= 15 is 0 Å². The molecule has 132 valence electrons. The number of aryl methyl sites for hydroxylation is 1. The zero-order valence-electron chi connectivity index (χ0n) is 13.9. The summed E-state index contributed by atoms with van der Waals surface area (Å²) in [4.78, 5) is 30.0. The minimum Gasteiger partial charge on any atom is -0.333 e. The summed E-state index contributed by atoms with van der Waals surface area (Å²) in [6, 6.07) is 14.4. The van der Waals surface area contributed by atoms with Crippen molar-refractivity contribution in [2.75, 3.05) is 11.1 Å². The van der Waals surface area contributed by atoms with E-state index in [2.05, 4.69) is 15.3 Å². The molecule has 0 fully saturated rings. The van der Waals surface area contributed by atoms with Gasteiger partial charge in [-0.25, -0.2) is 4.98 Å². The topological polar surface area (TPSA) is 101 Å². The van der Waals surface area contributed by atoms with E-state index in [0.717, 1.165) is 11.3 Å². The molecule has 0 saturated carbocycles. The quantitative estimate of drug-likeness (QED) is 0.389. The lowest BCUT2D eigenvalue weighted by atomic mass is 10.2. The molecule has 2 aromatic carbocycles. The van der Waals surface area contributed by atoms with Gasteiger partial charge in [0.15, 0.2) is 5.16 Å². The molecular formula is C18H16N4O3S. The van der Waals surface area contributed by atoms with Gasteiger partial charge >= 0.3 is 0 Å². The van der Waals surface area contributed by atoms with Crippen molar-refractivity contribution in [1.29, 1.82) is 0 Å². The predicted octanol–water partition coefficient (Wildman–Crippen LogP) is 4.02. The molecule has 3 aromatic rings. The van der Waals surface area contributed by atoms with Crippen molar-refractivity contribution in [2.45, 2.75) is 12.1 Å². The molecule has 0 unspecified atom stereocenters. The minimum absolute atomic E-state index is 0.0195. The highest BCUT2D eigenvalue weighted by molar-refractivity contribution is 7.99. The molecule has 0 radical (unpaired) electrons. The Morgan fingerprint density at radius 2 is 2.04 bits per heavy atom. The predicted molar refractivity (Wildman–Crippen MR) is 101 cm³/mol. The Balaban J connectivity index is 1.59. The maximum absolute atomic E-state index is 12.1. The molecule has 0 saturated heterocycles. The first-order valence-corrected chi connectivity index (χ1v) is 8.79. The lowest BCUT2D eigenvalue weighted by Gasteiger charge is -2.05. The molecule has 0 aliphatic heterocycles. The summed E-state index contributed by atoms with van der Waals surface area (Å²) in [5, 5.41) is 14.3. The van der Waals surface area contributed by atoms with Crippen LogP contribution in [0.3, 0.4) is 0 Å². The normalized spacial score (nSPS) is 10.5. The number of hydrogen-bond acceptors (Lipinski definition) is 5. The smallest absolute Gasteiger partial charge is 0.274 e. The third-order valence-electron chi connectivity index (χ3n) is 3.67. The van der Waals surface area contributed by atoms with Crippen LogP contribution in [-0.2, 0) is 4.79 Å². The van der Waals surface area contributed by atoms with E-state index < -0.39 is 4.92 Å². The number of imidazole rings is 1. The van der Waals surface area contributed by atoms with Crippen LogP contribution in [0.25, 0.3) is 11.3 Å². The third kappa shape index (κ3) is 4.28. The second-order valence-electron chi connectivity index (χ2n) is 5.56. The van der Waals surface area contributed by atoms with Gasteiger partial charge in [-0.2, -0.15) is 0 Å². The highest BCUT2D eigenvalue weighted by atomic mass is 32.2. The summed E-state index contributed by atoms with van der Waals surface area (Å²) in [6.45, 7) is 1.65. The van der Waals surface area contributed by atoms with E-state index in [4.69, 9.17) is 0 Å².